The molecule has 1 aromatic carbocycles. The summed E-state index contributed by atoms with van der Waals surface area (Å²) in [5.74, 6) is 1.88. The lowest BCUT2D eigenvalue weighted by atomic mass is 10.1. The Morgan fingerprint density at radius 1 is 1.37 bits per heavy atom. The van der Waals surface area contributed by atoms with Crippen LogP contribution in [0.1, 0.15) is 25.3 Å². The molecule has 0 aliphatic carbocycles. The maximum absolute atomic E-state index is 5.35. The van der Waals surface area contributed by atoms with Crippen LogP contribution in [0, 0.1) is 6.92 Å². The van der Waals surface area contributed by atoms with Crippen molar-refractivity contribution < 1.29 is 9.26 Å². The second-order valence-electron chi connectivity index (χ2n) is 4.75. The van der Waals surface area contributed by atoms with Gasteiger partial charge in [0.05, 0.1) is 19.2 Å². The Morgan fingerprint density at radius 3 is 2.84 bits per heavy atom. The van der Waals surface area contributed by atoms with Crippen molar-refractivity contribution in [2.45, 2.75) is 33.4 Å². The van der Waals surface area contributed by atoms with E-state index in [1.54, 1.807) is 7.11 Å². The van der Waals surface area contributed by atoms with E-state index in [1.807, 2.05) is 25.1 Å². The van der Waals surface area contributed by atoms with Crippen LogP contribution in [0.4, 0.5) is 0 Å². The SMILES string of the molecule is COc1cc(C)ccc1-c1noc(CNC(C)C)n1. The van der Waals surface area contributed by atoms with E-state index in [0.717, 1.165) is 16.9 Å². The predicted octanol–water partition coefficient (Wildman–Crippen LogP) is 2.55. The summed E-state index contributed by atoms with van der Waals surface area (Å²) in [5, 5.41) is 7.23. The Kier molecular flexibility index (Phi) is 4.16. The topological polar surface area (TPSA) is 60.2 Å². The fourth-order valence-electron chi connectivity index (χ4n) is 1.71. The van der Waals surface area contributed by atoms with Crippen LogP contribution in [-0.4, -0.2) is 23.3 Å². The van der Waals surface area contributed by atoms with Gasteiger partial charge in [-0.1, -0.05) is 25.1 Å². The molecule has 2 rings (SSSR count). The molecule has 0 amide bonds. The van der Waals surface area contributed by atoms with Crippen LogP contribution < -0.4 is 10.1 Å². The van der Waals surface area contributed by atoms with Crippen molar-refractivity contribution in [3.63, 3.8) is 0 Å². The summed E-state index contributed by atoms with van der Waals surface area (Å²) in [6.45, 7) is 6.72. The van der Waals surface area contributed by atoms with Crippen molar-refractivity contribution in [2.24, 2.45) is 0 Å². The van der Waals surface area contributed by atoms with E-state index in [1.165, 1.54) is 0 Å². The van der Waals surface area contributed by atoms with Gasteiger partial charge in [0.1, 0.15) is 5.75 Å². The molecule has 0 bridgehead atoms. The molecule has 0 spiro atoms. The predicted molar refractivity (Wildman–Crippen MR) is 73.0 cm³/mol. The number of nitrogens with one attached hydrogen (secondary N) is 1. The summed E-state index contributed by atoms with van der Waals surface area (Å²) >= 11 is 0. The summed E-state index contributed by atoms with van der Waals surface area (Å²) in [6, 6.07) is 6.28. The summed E-state index contributed by atoms with van der Waals surface area (Å²) < 4.78 is 10.6. The van der Waals surface area contributed by atoms with E-state index >= 15 is 0 Å². The summed E-state index contributed by atoms with van der Waals surface area (Å²) in [6.07, 6.45) is 0. The fraction of sp³-hybridized carbons (Fsp3) is 0.429. The lowest BCUT2D eigenvalue weighted by Crippen LogP contribution is -2.21. The molecular formula is C14H19N3O2. The van der Waals surface area contributed by atoms with Crippen LogP contribution >= 0.6 is 0 Å². The quantitative estimate of drug-likeness (QED) is 0.896. The first-order chi connectivity index (χ1) is 9.10. The number of aryl methyl sites for hydroxylation is 1. The van der Waals surface area contributed by atoms with Gasteiger partial charge in [-0.05, 0) is 24.6 Å². The molecule has 0 saturated heterocycles. The molecule has 102 valence electrons. The van der Waals surface area contributed by atoms with Crippen molar-refractivity contribution in [3.05, 3.63) is 29.7 Å². The van der Waals surface area contributed by atoms with Crippen LogP contribution in [0.3, 0.4) is 0 Å². The van der Waals surface area contributed by atoms with Gasteiger partial charge in [-0.15, -0.1) is 0 Å². The van der Waals surface area contributed by atoms with Gasteiger partial charge in [0, 0.05) is 6.04 Å². The minimum atomic E-state index is 0.379. The molecule has 1 aromatic heterocycles. The van der Waals surface area contributed by atoms with E-state index < -0.39 is 0 Å². The van der Waals surface area contributed by atoms with Crippen molar-refractivity contribution in [1.29, 1.82) is 0 Å². The van der Waals surface area contributed by atoms with Gasteiger partial charge in [-0.25, -0.2) is 0 Å². The summed E-state index contributed by atoms with van der Waals surface area (Å²) in [4.78, 5) is 4.37. The molecule has 2 aromatic rings. The Morgan fingerprint density at radius 2 is 2.16 bits per heavy atom. The lowest BCUT2D eigenvalue weighted by Gasteiger charge is -2.05. The molecule has 0 aliphatic heterocycles. The van der Waals surface area contributed by atoms with Crippen LogP contribution in [0.25, 0.3) is 11.4 Å². The van der Waals surface area contributed by atoms with Gasteiger partial charge in [0.25, 0.3) is 0 Å². The monoisotopic (exact) mass is 261 g/mol. The third kappa shape index (κ3) is 3.32. The van der Waals surface area contributed by atoms with Gasteiger partial charge in [-0.3, -0.25) is 0 Å². The van der Waals surface area contributed by atoms with E-state index in [2.05, 4.69) is 29.3 Å². The van der Waals surface area contributed by atoms with Crippen LogP contribution in [0.5, 0.6) is 5.75 Å². The second kappa shape index (κ2) is 5.84. The first kappa shape index (κ1) is 13.5. The number of methoxy groups -OCH3 is 1. The highest BCUT2D eigenvalue weighted by molar-refractivity contribution is 5.64. The first-order valence-electron chi connectivity index (χ1n) is 6.31. The smallest absolute Gasteiger partial charge is 0.240 e. The van der Waals surface area contributed by atoms with Gasteiger partial charge in [-0.2, -0.15) is 4.98 Å². The average molecular weight is 261 g/mol. The molecule has 0 radical (unpaired) electrons. The zero-order valence-electron chi connectivity index (χ0n) is 11.7. The van der Waals surface area contributed by atoms with Gasteiger partial charge < -0.3 is 14.6 Å². The van der Waals surface area contributed by atoms with Gasteiger partial charge >= 0.3 is 0 Å². The summed E-state index contributed by atoms with van der Waals surface area (Å²) in [7, 11) is 1.64. The third-order valence-electron chi connectivity index (χ3n) is 2.73. The Hall–Kier alpha value is -1.88. The average Bonchev–Trinajstić information content (AvgIpc) is 2.84. The van der Waals surface area contributed by atoms with Crippen molar-refractivity contribution in [2.75, 3.05) is 7.11 Å². The molecule has 5 nitrogen and oxygen atoms in total. The summed E-state index contributed by atoms with van der Waals surface area (Å²) in [5.41, 5.74) is 1.97. The molecule has 19 heavy (non-hydrogen) atoms. The number of nitrogens with zero attached hydrogens (tertiary/aromatic N) is 2. The van der Waals surface area contributed by atoms with Gasteiger partial charge in [0.2, 0.25) is 11.7 Å². The Balaban J connectivity index is 2.22. The van der Waals surface area contributed by atoms with E-state index in [9.17, 15) is 0 Å². The zero-order chi connectivity index (χ0) is 13.8. The first-order valence-corrected chi connectivity index (χ1v) is 6.31. The largest absolute Gasteiger partial charge is 0.496 e. The van der Waals surface area contributed by atoms with Crippen molar-refractivity contribution in [3.8, 4) is 17.1 Å². The molecule has 0 fully saturated rings. The maximum Gasteiger partial charge on any atom is 0.240 e. The fourth-order valence-corrected chi connectivity index (χ4v) is 1.71. The van der Waals surface area contributed by atoms with Crippen molar-refractivity contribution in [1.82, 2.24) is 15.5 Å². The minimum Gasteiger partial charge on any atom is -0.496 e. The number of ether oxygens (including phenoxy) is 1. The van der Waals surface area contributed by atoms with Gasteiger partial charge in [0.15, 0.2) is 0 Å². The second-order valence-corrected chi connectivity index (χ2v) is 4.75. The lowest BCUT2D eigenvalue weighted by molar-refractivity contribution is 0.361. The highest BCUT2D eigenvalue weighted by Crippen LogP contribution is 2.28. The van der Waals surface area contributed by atoms with E-state index in [-0.39, 0.29) is 0 Å². The highest BCUT2D eigenvalue weighted by atomic mass is 16.5. The molecular weight excluding hydrogens is 242 g/mol. The van der Waals surface area contributed by atoms with E-state index in [0.29, 0.717) is 24.3 Å². The molecule has 0 saturated carbocycles. The molecule has 0 unspecified atom stereocenters. The standard InChI is InChI=1S/C14H19N3O2/c1-9(2)15-8-13-16-14(17-19-13)11-6-5-10(3)7-12(11)18-4/h5-7,9,15H,8H2,1-4H3. The third-order valence-corrected chi connectivity index (χ3v) is 2.73. The molecule has 0 aliphatic rings. The normalized spacial score (nSPS) is 11.0. The minimum absolute atomic E-state index is 0.379. The molecule has 1 heterocycles. The Bertz CT molecular complexity index is 549. The van der Waals surface area contributed by atoms with Crippen molar-refractivity contribution >= 4 is 0 Å². The van der Waals surface area contributed by atoms with E-state index in [4.69, 9.17) is 9.26 Å². The number of aromatic nitrogens is 2. The maximum atomic E-state index is 5.35. The molecule has 1 N–H and O–H groups in total. The number of rotatable bonds is 5. The zero-order valence-corrected chi connectivity index (χ0v) is 11.7. The van der Waals surface area contributed by atoms with Crippen LogP contribution in [0.15, 0.2) is 22.7 Å². The molecule has 0 atom stereocenters. The Labute approximate surface area is 113 Å². The van der Waals surface area contributed by atoms with Crippen LogP contribution in [0.2, 0.25) is 0 Å². The number of benzene rings is 1. The molecule has 5 heteroatoms. The highest BCUT2D eigenvalue weighted by Gasteiger charge is 2.13. The number of hydrogen-bond donors (Lipinski definition) is 1. The number of hydrogen-bond acceptors (Lipinski definition) is 5. The van der Waals surface area contributed by atoms with Crippen LogP contribution in [-0.2, 0) is 6.54 Å².